The summed E-state index contributed by atoms with van der Waals surface area (Å²) >= 11 is 0. The molecule has 1 aromatic carbocycles. The fourth-order valence-electron chi connectivity index (χ4n) is 2.52. The van der Waals surface area contributed by atoms with Gasteiger partial charge in [-0.1, -0.05) is 24.3 Å². The maximum atomic E-state index is 12.3. The number of hydrogen-bond acceptors (Lipinski definition) is 4. The van der Waals surface area contributed by atoms with Gasteiger partial charge in [0.1, 0.15) is 6.54 Å². The molecule has 0 bridgehead atoms. The first-order chi connectivity index (χ1) is 10.0. The number of hydrogen-bond donors (Lipinski definition) is 0. The number of ether oxygens (including phenoxy) is 1. The fourth-order valence-corrected chi connectivity index (χ4v) is 2.52. The van der Waals surface area contributed by atoms with Crippen LogP contribution in [0.1, 0.15) is 24.5 Å². The van der Waals surface area contributed by atoms with E-state index in [-0.39, 0.29) is 37.3 Å². The zero-order valence-electron chi connectivity index (χ0n) is 12.3. The van der Waals surface area contributed by atoms with Crippen LogP contribution in [0.4, 0.5) is 0 Å². The van der Waals surface area contributed by atoms with Crippen molar-refractivity contribution in [1.29, 1.82) is 0 Å². The van der Waals surface area contributed by atoms with Crippen molar-refractivity contribution in [1.82, 2.24) is 4.90 Å². The lowest BCUT2D eigenvalue weighted by molar-refractivity contribution is -0.152. The maximum absolute atomic E-state index is 12.3. The van der Waals surface area contributed by atoms with E-state index in [0.29, 0.717) is 6.42 Å². The number of rotatable bonds is 5. The highest BCUT2D eigenvalue weighted by atomic mass is 16.5. The molecule has 1 atom stereocenters. The molecule has 0 saturated carbocycles. The molecule has 1 aromatic rings. The third-order valence-electron chi connectivity index (χ3n) is 3.66. The van der Waals surface area contributed by atoms with E-state index in [4.69, 9.17) is 4.74 Å². The number of imide groups is 1. The van der Waals surface area contributed by atoms with Gasteiger partial charge in [0.2, 0.25) is 11.8 Å². The monoisotopic (exact) mass is 289 g/mol. The minimum atomic E-state index is -0.546. The van der Waals surface area contributed by atoms with Crippen molar-refractivity contribution in [3.8, 4) is 0 Å². The number of benzene rings is 1. The van der Waals surface area contributed by atoms with Gasteiger partial charge in [0.15, 0.2) is 0 Å². The Kier molecular flexibility index (Phi) is 4.73. The summed E-state index contributed by atoms with van der Waals surface area (Å²) in [4.78, 5) is 36.6. The Morgan fingerprint density at radius 1 is 1.33 bits per heavy atom. The predicted molar refractivity (Wildman–Crippen MR) is 76.3 cm³/mol. The molecule has 5 nitrogen and oxygen atoms in total. The zero-order chi connectivity index (χ0) is 15.4. The Labute approximate surface area is 123 Å². The number of esters is 1. The van der Waals surface area contributed by atoms with Crippen LogP contribution in [0.3, 0.4) is 0 Å². The first kappa shape index (κ1) is 15.2. The minimum Gasteiger partial charge on any atom is -0.465 e. The van der Waals surface area contributed by atoms with Crippen LogP contribution in [0.25, 0.3) is 0 Å². The van der Waals surface area contributed by atoms with Crippen LogP contribution in [0.5, 0.6) is 0 Å². The predicted octanol–water partition coefficient (Wildman–Crippen LogP) is 1.48. The minimum absolute atomic E-state index is 0.159. The van der Waals surface area contributed by atoms with Crippen LogP contribution in [0.2, 0.25) is 0 Å². The summed E-state index contributed by atoms with van der Waals surface area (Å²) in [6.07, 6.45) is 0.684. The molecule has 0 spiro atoms. The van der Waals surface area contributed by atoms with E-state index >= 15 is 0 Å². The van der Waals surface area contributed by atoms with Crippen molar-refractivity contribution in [2.24, 2.45) is 5.92 Å². The van der Waals surface area contributed by atoms with Crippen molar-refractivity contribution in [2.45, 2.75) is 26.7 Å². The number of aryl methyl sites for hydroxylation is 1. The van der Waals surface area contributed by atoms with Gasteiger partial charge in [-0.15, -0.1) is 0 Å². The lowest BCUT2D eigenvalue weighted by atomic mass is 9.95. The number of amides is 2. The molecular weight excluding hydrogens is 270 g/mol. The summed E-state index contributed by atoms with van der Waals surface area (Å²) in [6.45, 7) is 3.62. The Morgan fingerprint density at radius 3 is 2.71 bits per heavy atom. The van der Waals surface area contributed by atoms with Gasteiger partial charge in [0.05, 0.1) is 12.5 Å². The van der Waals surface area contributed by atoms with E-state index in [9.17, 15) is 14.4 Å². The number of nitrogens with zero attached hydrogens (tertiary/aromatic N) is 1. The van der Waals surface area contributed by atoms with Gasteiger partial charge in [-0.3, -0.25) is 19.3 Å². The van der Waals surface area contributed by atoms with Crippen LogP contribution in [0, 0.1) is 12.8 Å². The van der Waals surface area contributed by atoms with Gasteiger partial charge in [0.25, 0.3) is 0 Å². The second-order valence-electron chi connectivity index (χ2n) is 5.15. The van der Waals surface area contributed by atoms with Crippen LogP contribution in [-0.2, 0) is 25.5 Å². The van der Waals surface area contributed by atoms with Crippen molar-refractivity contribution in [2.75, 3.05) is 13.2 Å². The van der Waals surface area contributed by atoms with E-state index in [1.54, 1.807) is 6.92 Å². The molecule has 2 amide bonds. The number of carbonyl (C=O) groups excluding carboxylic acids is 3. The van der Waals surface area contributed by atoms with Gasteiger partial charge in [0, 0.05) is 6.42 Å². The molecule has 21 heavy (non-hydrogen) atoms. The molecule has 0 N–H and O–H groups in total. The van der Waals surface area contributed by atoms with Crippen molar-refractivity contribution in [3.63, 3.8) is 0 Å². The maximum Gasteiger partial charge on any atom is 0.326 e. The van der Waals surface area contributed by atoms with Gasteiger partial charge >= 0.3 is 5.97 Å². The van der Waals surface area contributed by atoms with Crippen LogP contribution < -0.4 is 0 Å². The fraction of sp³-hybridized carbons (Fsp3) is 0.438. The molecule has 2 rings (SSSR count). The van der Waals surface area contributed by atoms with Crippen molar-refractivity contribution >= 4 is 17.8 Å². The third kappa shape index (κ3) is 3.48. The van der Waals surface area contributed by atoms with Crippen molar-refractivity contribution in [3.05, 3.63) is 35.4 Å². The van der Waals surface area contributed by atoms with Crippen LogP contribution in [-0.4, -0.2) is 35.8 Å². The molecule has 1 aliphatic rings. The summed E-state index contributed by atoms with van der Waals surface area (Å²) in [5.41, 5.74) is 2.16. The molecular formula is C16H19NO4. The molecule has 1 heterocycles. The Balaban J connectivity index is 2.04. The van der Waals surface area contributed by atoms with Crippen LogP contribution >= 0.6 is 0 Å². The average Bonchev–Trinajstić information content (AvgIpc) is 2.69. The Bertz CT molecular complexity index is 567. The normalized spacial score (nSPS) is 18.2. The lowest BCUT2D eigenvalue weighted by Crippen LogP contribution is -2.36. The smallest absolute Gasteiger partial charge is 0.326 e. The zero-order valence-corrected chi connectivity index (χ0v) is 12.3. The van der Waals surface area contributed by atoms with Gasteiger partial charge in [-0.25, -0.2) is 0 Å². The van der Waals surface area contributed by atoms with E-state index in [1.807, 2.05) is 31.2 Å². The molecule has 5 heteroatoms. The van der Waals surface area contributed by atoms with Crippen molar-refractivity contribution < 1.29 is 19.1 Å². The SMILES string of the molecule is CCOC(=O)CN1C(=O)CC(Cc2ccccc2C)C1=O. The Morgan fingerprint density at radius 2 is 2.05 bits per heavy atom. The summed E-state index contributed by atoms with van der Waals surface area (Å²) in [6, 6.07) is 7.79. The molecule has 0 radical (unpaired) electrons. The second-order valence-corrected chi connectivity index (χ2v) is 5.15. The molecule has 112 valence electrons. The molecule has 1 saturated heterocycles. The van der Waals surface area contributed by atoms with Crippen LogP contribution in [0.15, 0.2) is 24.3 Å². The van der Waals surface area contributed by atoms with Gasteiger partial charge < -0.3 is 4.74 Å². The third-order valence-corrected chi connectivity index (χ3v) is 3.66. The second kappa shape index (κ2) is 6.52. The molecule has 1 aliphatic heterocycles. The summed E-state index contributed by atoms with van der Waals surface area (Å²) in [7, 11) is 0. The topological polar surface area (TPSA) is 63.7 Å². The Hall–Kier alpha value is -2.17. The average molecular weight is 289 g/mol. The van der Waals surface area contributed by atoms with Gasteiger partial charge in [-0.05, 0) is 31.4 Å². The lowest BCUT2D eigenvalue weighted by Gasteiger charge is -2.14. The van der Waals surface area contributed by atoms with E-state index in [1.165, 1.54) is 0 Å². The highest BCUT2D eigenvalue weighted by Gasteiger charge is 2.39. The standard InChI is InChI=1S/C16H19NO4/c1-3-21-15(19)10-17-14(18)9-13(16(17)20)8-12-7-5-4-6-11(12)2/h4-7,13H,3,8-10H2,1-2H3. The summed E-state index contributed by atoms with van der Waals surface area (Å²) in [5, 5.41) is 0. The first-order valence-corrected chi connectivity index (χ1v) is 7.07. The quantitative estimate of drug-likeness (QED) is 0.608. The molecule has 0 aromatic heterocycles. The van der Waals surface area contributed by atoms with E-state index in [0.717, 1.165) is 16.0 Å². The highest BCUT2D eigenvalue weighted by molar-refractivity contribution is 6.05. The molecule has 0 aliphatic carbocycles. The van der Waals surface area contributed by atoms with E-state index in [2.05, 4.69) is 0 Å². The largest absolute Gasteiger partial charge is 0.465 e. The summed E-state index contributed by atoms with van der Waals surface area (Å²) in [5.74, 6) is -1.51. The number of likely N-dealkylation sites (tertiary alicyclic amines) is 1. The summed E-state index contributed by atoms with van der Waals surface area (Å²) < 4.78 is 4.79. The molecule has 1 unspecified atom stereocenters. The first-order valence-electron chi connectivity index (χ1n) is 7.07. The van der Waals surface area contributed by atoms with Gasteiger partial charge in [-0.2, -0.15) is 0 Å². The van der Waals surface area contributed by atoms with E-state index < -0.39 is 5.97 Å². The highest BCUT2D eigenvalue weighted by Crippen LogP contribution is 2.24. The molecule has 1 fully saturated rings. The number of carbonyl (C=O) groups is 3.